The Hall–Kier alpha value is -3.02. The summed E-state index contributed by atoms with van der Waals surface area (Å²) in [6, 6.07) is 11.0. The Kier molecular flexibility index (Phi) is 6.65. The Labute approximate surface area is 175 Å². The van der Waals surface area contributed by atoms with Gasteiger partial charge in [0.15, 0.2) is 11.6 Å². The summed E-state index contributed by atoms with van der Waals surface area (Å²) in [4.78, 5) is 18.1. The molecule has 1 heterocycles. The second-order valence-corrected chi connectivity index (χ2v) is 7.72. The van der Waals surface area contributed by atoms with Crippen LogP contribution in [0.1, 0.15) is 30.7 Å². The number of aryl methyl sites for hydroxylation is 2. The minimum atomic E-state index is -0.534. The molecule has 158 valence electrons. The molecule has 3 aromatic rings. The van der Waals surface area contributed by atoms with Gasteiger partial charge in [0, 0.05) is 17.8 Å². The molecule has 6 heteroatoms. The molecule has 0 aliphatic heterocycles. The van der Waals surface area contributed by atoms with E-state index >= 15 is 0 Å². The van der Waals surface area contributed by atoms with Crippen molar-refractivity contribution in [3.8, 4) is 17.1 Å². The Balaban J connectivity index is 2.17. The summed E-state index contributed by atoms with van der Waals surface area (Å²) in [6.07, 6.45) is 0.890. The van der Waals surface area contributed by atoms with Crippen LogP contribution in [0.3, 0.4) is 0 Å². The SMILES string of the molecule is COc1c(F)cccc1-c1nc(C)c(CC(C)C)c(=O)n1CCc1ccccc1F. The Morgan fingerprint density at radius 2 is 1.77 bits per heavy atom. The fraction of sp³-hybridized carbons (Fsp3) is 0.333. The molecule has 0 bridgehead atoms. The van der Waals surface area contributed by atoms with Crippen molar-refractivity contribution in [3.63, 3.8) is 0 Å². The molecule has 0 unspecified atom stereocenters. The summed E-state index contributed by atoms with van der Waals surface area (Å²) in [5, 5.41) is 0. The van der Waals surface area contributed by atoms with Gasteiger partial charge in [0.25, 0.3) is 5.56 Å². The van der Waals surface area contributed by atoms with Crippen LogP contribution < -0.4 is 10.3 Å². The lowest BCUT2D eigenvalue weighted by atomic mass is 10.0. The molecular weight excluding hydrogens is 386 g/mol. The van der Waals surface area contributed by atoms with Gasteiger partial charge in [-0.2, -0.15) is 0 Å². The second-order valence-electron chi connectivity index (χ2n) is 7.72. The molecule has 2 aromatic carbocycles. The summed E-state index contributed by atoms with van der Waals surface area (Å²) in [7, 11) is 1.38. The highest BCUT2D eigenvalue weighted by molar-refractivity contribution is 5.65. The average Bonchev–Trinajstić information content (AvgIpc) is 2.71. The number of methoxy groups -OCH3 is 1. The van der Waals surface area contributed by atoms with Gasteiger partial charge in [-0.05, 0) is 49.4 Å². The molecule has 30 heavy (non-hydrogen) atoms. The summed E-state index contributed by atoms with van der Waals surface area (Å²) in [6.45, 7) is 6.07. The van der Waals surface area contributed by atoms with Gasteiger partial charge in [-0.15, -0.1) is 0 Å². The van der Waals surface area contributed by atoms with E-state index in [2.05, 4.69) is 4.98 Å². The van der Waals surface area contributed by atoms with Gasteiger partial charge in [0.05, 0.1) is 12.7 Å². The third-order valence-electron chi connectivity index (χ3n) is 5.06. The van der Waals surface area contributed by atoms with Crippen LogP contribution >= 0.6 is 0 Å². The molecule has 0 N–H and O–H groups in total. The van der Waals surface area contributed by atoms with Crippen molar-refractivity contribution in [1.29, 1.82) is 0 Å². The number of rotatable bonds is 7. The number of aromatic nitrogens is 2. The number of halogens is 2. The van der Waals surface area contributed by atoms with Crippen LogP contribution in [-0.4, -0.2) is 16.7 Å². The lowest BCUT2D eigenvalue weighted by molar-refractivity contribution is 0.387. The molecule has 0 amide bonds. The number of nitrogens with zero attached hydrogens (tertiary/aromatic N) is 2. The van der Waals surface area contributed by atoms with Crippen molar-refractivity contribution in [2.45, 2.75) is 40.2 Å². The molecular formula is C24H26F2N2O2. The lowest BCUT2D eigenvalue weighted by Crippen LogP contribution is -2.29. The summed E-state index contributed by atoms with van der Waals surface area (Å²) in [5.41, 5.74) is 1.94. The van der Waals surface area contributed by atoms with E-state index in [9.17, 15) is 13.6 Å². The first-order valence-corrected chi connectivity index (χ1v) is 10.00. The average molecular weight is 412 g/mol. The van der Waals surface area contributed by atoms with Crippen molar-refractivity contribution < 1.29 is 13.5 Å². The summed E-state index contributed by atoms with van der Waals surface area (Å²) in [5.74, 6) is -0.239. The first-order chi connectivity index (χ1) is 14.3. The van der Waals surface area contributed by atoms with Gasteiger partial charge in [0.2, 0.25) is 0 Å². The zero-order valence-electron chi connectivity index (χ0n) is 17.7. The van der Waals surface area contributed by atoms with E-state index < -0.39 is 5.82 Å². The van der Waals surface area contributed by atoms with Gasteiger partial charge in [-0.25, -0.2) is 13.8 Å². The smallest absolute Gasteiger partial charge is 0.257 e. The molecule has 0 aliphatic rings. The van der Waals surface area contributed by atoms with Crippen molar-refractivity contribution in [1.82, 2.24) is 9.55 Å². The standard InChI is InChI=1S/C24H26F2N2O2/c1-15(2)14-19-16(3)27-23(18-9-7-11-21(26)22(18)30-4)28(24(19)29)13-12-17-8-5-6-10-20(17)25/h5-11,15H,12-14H2,1-4H3. The van der Waals surface area contributed by atoms with Crippen LogP contribution in [0.5, 0.6) is 5.75 Å². The largest absolute Gasteiger partial charge is 0.493 e. The van der Waals surface area contributed by atoms with Crippen molar-refractivity contribution in [3.05, 3.63) is 81.3 Å². The normalized spacial score (nSPS) is 11.2. The third-order valence-corrected chi connectivity index (χ3v) is 5.06. The van der Waals surface area contributed by atoms with Gasteiger partial charge < -0.3 is 4.74 Å². The molecule has 0 saturated heterocycles. The number of hydrogen-bond donors (Lipinski definition) is 0. The maximum Gasteiger partial charge on any atom is 0.257 e. The van der Waals surface area contributed by atoms with E-state index in [0.717, 1.165) is 0 Å². The van der Waals surface area contributed by atoms with Gasteiger partial charge >= 0.3 is 0 Å². The molecule has 1 aromatic heterocycles. The van der Waals surface area contributed by atoms with Crippen LogP contribution in [0.15, 0.2) is 47.3 Å². The molecule has 4 nitrogen and oxygen atoms in total. The Morgan fingerprint density at radius 3 is 2.43 bits per heavy atom. The quantitative estimate of drug-likeness (QED) is 0.552. The molecule has 0 spiro atoms. The summed E-state index contributed by atoms with van der Waals surface area (Å²) >= 11 is 0. The van der Waals surface area contributed by atoms with Crippen molar-refractivity contribution in [2.24, 2.45) is 5.92 Å². The van der Waals surface area contributed by atoms with Crippen LogP contribution in [0, 0.1) is 24.5 Å². The molecule has 3 rings (SSSR count). The zero-order chi connectivity index (χ0) is 21.8. The molecule has 0 saturated carbocycles. The Bertz CT molecular complexity index is 1110. The highest BCUT2D eigenvalue weighted by Gasteiger charge is 2.20. The molecule has 0 radical (unpaired) electrons. The van der Waals surface area contributed by atoms with E-state index in [-0.39, 0.29) is 29.6 Å². The van der Waals surface area contributed by atoms with Crippen LogP contribution in [0.25, 0.3) is 11.4 Å². The lowest BCUT2D eigenvalue weighted by Gasteiger charge is -2.18. The van der Waals surface area contributed by atoms with E-state index in [1.165, 1.54) is 23.8 Å². The van der Waals surface area contributed by atoms with Crippen LogP contribution in [0.4, 0.5) is 8.78 Å². The highest BCUT2D eigenvalue weighted by Crippen LogP contribution is 2.31. The third kappa shape index (κ3) is 4.42. The monoisotopic (exact) mass is 412 g/mol. The first kappa shape index (κ1) is 21.7. The predicted octanol–water partition coefficient (Wildman–Crippen LogP) is 4.95. The van der Waals surface area contributed by atoms with Gasteiger partial charge in [-0.1, -0.05) is 38.1 Å². The molecule has 0 atom stereocenters. The fourth-order valence-corrected chi connectivity index (χ4v) is 3.58. The minimum absolute atomic E-state index is 0.0278. The predicted molar refractivity (Wildman–Crippen MR) is 114 cm³/mol. The zero-order valence-corrected chi connectivity index (χ0v) is 17.7. The van der Waals surface area contributed by atoms with Crippen LogP contribution in [-0.2, 0) is 19.4 Å². The topological polar surface area (TPSA) is 44.1 Å². The maximum atomic E-state index is 14.3. The van der Waals surface area contributed by atoms with Crippen molar-refractivity contribution in [2.75, 3.05) is 7.11 Å². The number of benzene rings is 2. The van der Waals surface area contributed by atoms with E-state index in [1.807, 2.05) is 13.8 Å². The first-order valence-electron chi connectivity index (χ1n) is 10.00. The molecule has 0 aliphatic carbocycles. The summed E-state index contributed by atoms with van der Waals surface area (Å²) < 4.78 is 35.2. The Morgan fingerprint density at radius 1 is 1.07 bits per heavy atom. The van der Waals surface area contributed by atoms with Crippen LogP contribution in [0.2, 0.25) is 0 Å². The van der Waals surface area contributed by atoms with E-state index in [4.69, 9.17) is 4.74 Å². The number of hydrogen-bond acceptors (Lipinski definition) is 3. The second kappa shape index (κ2) is 9.20. The van der Waals surface area contributed by atoms with E-state index in [0.29, 0.717) is 41.1 Å². The highest BCUT2D eigenvalue weighted by atomic mass is 19.1. The molecule has 0 fully saturated rings. The maximum absolute atomic E-state index is 14.3. The number of ether oxygens (including phenoxy) is 1. The van der Waals surface area contributed by atoms with Gasteiger partial charge in [0.1, 0.15) is 11.6 Å². The van der Waals surface area contributed by atoms with Gasteiger partial charge in [-0.3, -0.25) is 9.36 Å². The number of para-hydroxylation sites is 1. The van der Waals surface area contributed by atoms with E-state index in [1.54, 1.807) is 37.3 Å². The minimum Gasteiger partial charge on any atom is -0.493 e. The van der Waals surface area contributed by atoms with Crippen molar-refractivity contribution >= 4 is 0 Å². The fourth-order valence-electron chi connectivity index (χ4n) is 3.58.